The van der Waals surface area contributed by atoms with Crippen LogP contribution < -0.4 is 5.73 Å². The molecule has 0 saturated carbocycles. The van der Waals surface area contributed by atoms with Crippen molar-refractivity contribution < 1.29 is 8.78 Å². The van der Waals surface area contributed by atoms with E-state index in [0.717, 1.165) is 24.5 Å². The highest BCUT2D eigenvalue weighted by atomic mass is 19.2. The smallest absolute Gasteiger partial charge is 0.159 e. The molecule has 2 N–H and O–H groups in total. The van der Waals surface area contributed by atoms with Crippen LogP contribution in [0.2, 0.25) is 0 Å². The van der Waals surface area contributed by atoms with E-state index in [0.29, 0.717) is 5.56 Å². The predicted molar refractivity (Wildman–Crippen MR) is 77.6 cm³/mol. The van der Waals surface area contributed by atoms with Crippen molar-refractivity contribution in [2.24, 2.45) is 5.73 Å². The molecule has 0 bridgehead atoms. The number of nitrogens with two attached hydrogens (primary N) is 1. The Morgan fingerprint density at radius 3 is 2.05 bits per heavy atom. The van der Waals surface area contributed by atoms with Gasteiger partial charge in [-0.3, -0.25) is 0 Å². The summed E-state index contributed by atoms with van der Waals surface area (Å²) in [7, 11) is 0. The second-order valence-electron chi connectivity index (χ2n) is 4.89. The molecule has 0 amide bonds. The standard InChI is InChI=1S/C17H19F2N/c1-3-11-5-6-13(9-12(11)4-2)17(20)14-7-8-15(18)16(19)10-14/h5-10,17H,3-4,20H2,1-2H3. The van der Waals surface area contributed by atoms with Crippen LogP contribution in [-0.2, 0) is 12.8 Å². The third kappa shape index (κ3) is 2.88. The number of rotatable bonds is 4. The van der Waals surface area contributed by atoms with E-state index < -0.39 is 17.7 Å². The first-order valence-electron chi connectivity index (χ1n) is 6.89. The molecule has 3 heteroatoms. The molecule has 0 saturated heterocycles. The first-order chi connectivity index (χ1) is 9.56. The molecule has 1 atom stereocenters. The van der Waals surface area contributed by atoms with Crippen molar-refractivity contribution in [1.82, 2.24) is 0 Å². The molecule has 106 valence electrons. The minimum atomic E-state index is -0.862. The summed E-state index contributed by atoms with van der Waals surface area (Å²) in [6.07, 6.45) is 1.91. The van der Waals surface area contributed by atoms with Gasteiger partial charge in [0.2, 0.25) is 0 Å². The number of halogens is 2. The summed E-state index contributed by atoms with van der Waals surface area (Å²) in [6.45, 7) is 4.21. The Morgan fingerprint density at radius 2 is 1.45 bits per heavy atom. The number of aryl methyl sites for hydroxylation is 2. The van der Waals surface area contributed by atoms with Crippen molar-refractivity contribution in [3.8, 4) is 0 Å². The molecule has 0 spiro atoms. The lowest BCUT2D eigenvalue weighted by Gasteiger charge is -2.16. The first kappa shape index (κ1) is 14.7. The Balaban J connectivity index is 2.37. The van der Waals surface area contributed by atoms with Gasteiger partial charge in [-0.05, 0) is 47.2 Å². The minimum absolute atomic E-state index is 0.443. The Kier molecular flexibility index (Phi) is 4.50. The van der Waals surface area contributed by atoms with Gasteiger partial charge in [0.05, 0.1) is 6.04 Å². The maximum Gasteiger partial charge on any atom is 0.159 e. The molecular weight excluding hydrogens is 256 g/mol. The summed E-state index contributed by atoms with van der Waals surface area (Å²) >= 11 is 0. The molecule has 2 aromatic carbocycles. The van der Waals surface area contributed by atoms with E-state index in [2.05, 4.69) is 26.0 Å². The van der Waals surface area contributed by atoms with Crippen LogP contribution in [-0.4, -0.2) is 0 Å². The van der Waals surface area contributed by atoms with Crippen LogP contribution >= 0.6 is 0 Å². The van der Waals surface area contributed by atoms with E-state index >= 15 is 0 Å². The summed E-state index contributed by atoms with van der Waals surface area (Å²) in [5.41, 5.74) is 10.2. The van der Waals surface area contributed by atoms with Crippen molar-refractivity contribution in [2.45, 2.75) is 32.7 Å². The van der Waals surface area contributed by atoms with Crippen LogP contribution in [0.5, 0.6) is 0 Å². The lowest BCUT2D eigenvalue weighted by Crippen LogP contribution is -2.13. The Bertz CT molecular complexity index is 608. The fourth-order valence-electron chi connectivity index (χ4n) is 2.41. The molecule has 20 heavy (non-hydrogen) atoms. The summed E-state index contributed by atoms with van der Waals surface area (Å²) in [5, 5.41) is 0. The normalized spacial score (nSPS) is 12.4. The monoisotopic (exact) mass is 275 g/mol. The topological polar surface area (TPSA) is 26.0 Å². The second kappa shape index (κ2) is 6.14. The molecule has 1 nitrogen and oxygen atoms in total. The Morgan fingerprint density at radius 1 is 0.850 bits per heavy atom. The molecule has 0 fully saturated rings. The molecule has 1 unspecified atom stereocenters. The number of hydrogen-bond donors (Lipinski definition) is 1. The summed E-state index contributed by atoms with van der Waals surface area (Å²) < 4.78 is 26.3. The molecular formula is C17H19F2N. The lowest BCUT2D eigenvalue weighted by atomic mass is 9.94. The molecule has 0 radical (unpaired) electrons. The average molecular weight is 275 g/mol. The van der Waals surface area contributed by atoms with Crippen molar-refractivity contribution >= 4 is 0 Å². The van der Waals surface area contributed by atoms with E-state index in [1.165, 1.54) is 23.3 Å². The van der Waals surface area contributed by atoms with Gasteiger partial charge in [0.15, 0.2) is 11.6 Å². The molecule has 2 rings (SSSR count). The van der Waals surface area contributed by atoms with E-state index in [1.54, 1.807) is 0 Å². The molecule has 0 heterocycles. The largest absolute Gasteiger partial charge is 0.320 e. The third-order valence-electron chi connectivity index (χ3n) is 3.65. The van der Waals surface area contributed by atoms with Crippen molar-refractivity contribution in [2.75, 3.05) is 0 Å². The van der Waals surface area contributed by atoms with Gasteiger partial charge in [0.25, 0.3) is 0 Å². The lowest BCUT2D eigenvalue weighted by molar-refractivity contribution is 0.506. The van der Waals surface area contributed by atoms with Crippen molar-refractivity contribution in [3.63, 3.8) is 0 Å². The predicted octanol–water partition coefficient (Wildman–Crippen LogP) is 4.14. The average Bonchev–Trinajstić information content (AvgIpc) is 2.48. The van der Waals surface area contributed by atoms with Crippen LogP contribution in [0.25, 0.3) is 0 Å². The molecule has 0 aliphatic carbocycles. The van der Waals surface area contributed by atoms with Gasteiger partial charge in [-0.25, -0.2) is 8.78 Å². The number of benzene rings is 2. The van der Waals surface area contributed by atoms with Crippen molar-refractivity contribution in [3.05, 3.63) is 70.3 Å². The van der Waals surface area contributed by atoms with E-state index in [9.17, 15) is 8.78 Å². The van der Waals surface area contributed by atoms with Gasteiger partial charge >= 0.3 is 0 Å². The SMILES string of the molecule is CCc1ccc(C(N)c2ccc(F)c(F)c2)cc1CC. The van der Waals surface area contributed by atoms with Crippen molar-refractivity contribution in [1.29, 1.82) is 0 Å². The van der Waals surface area contributed by atoms with Gasteiger partial charge in [-0.15, -0.1) is 0 Å². The molecule has 2 aromatic rings. The second-order valence-corrected chi connectivity index (χ2v) is 4.89. The van der Waals surface area contributed by atoms with E-state index in [1.807, 2.05) is 6.07 Å². The highest BCUT2D eigenvalue weighted by molar-refractivity contribution is 5.38. The van der Waals surface area contributed by atoms with Crippen LogP contribution in [0.1, 0.15) is 42.1 Å². The van der Waals surface area contributed by atoms with E-state index in [4.69, 9.17) is 5.73 Å². The number of hydrogen-bond acceptors (Lipinski definition) is 1. The van der Waals surface area contributed by atoms with Crippen LogP contribution in [0.4, 0.5) is 8.78 Å². The third-order valence-corrected chi connectivity index (χ3v) is 3.65. The first-order valence-corrected chi connectivity index (χ1v) is 6.89. The minimum Gasteiger partial charge on any atom is -0.320 e. The molecule has 0 aromatic heterocycles. The van der Waals surface area contributed by atoms with Crippen LogP contribution in [0.15, 0.2) is 36.4 Å². The van der Waals surface area contributed by atoms with Gasteiger partial charge < -0.3 is 5.73 Å². The van der Waals surface area contributed by atoms with Crippen LogP contribution in [0, 0.1) is 11.6 Å². The Labute approximate surface area is 118 Å². The van der Waals surface area contributed by atoms with E-state index in [-0.39, 0.29) is 0 Å². The van der Waals surface area contributed by atoms with Gasteiger partial charge in [0.1, 0.15) is 0 Å². The molecule has 0 aliphatic heterocycles. The van der Waals surface area contributed by atoms with Gasteiger partial charge in [-0.1, -0.05) is 38.1 Å². The summed E-state index contributed by atoms with van der Waals surface area (Å²) in [5.74, 6) is -1.71. The van der Waals surface area contributed by atoms with Gasteiger partial charge in [0, 0.05) is 0 Å². The maximum absolute atomic E-state index is 13.3. The summed E-state index contributed by atoms with van der Waals surface area (Å²) in [6, 6.07) is 9.46. The fraction of sp³-hybridized carbons (Fsp3) is 0.294. The highest BCUT2D eigenvalue weighted by Crippen LogP contribution is 2.24. The zero-order valence-corrected chi connectivity index (χ0v) is 11.8. The zero-order chi connectivity index (χ0) is 14.7. The molecule has 0 aliphatic rings. The summed E-state index contributed by atoms with van der Waals surface area (Å²) in [4.78, 5) is 0. The zero-order valence-electron chi connectivity index (χ0n) is 11.8. The highest BCUT2D eigenvalue weighted by Gasteiger charge is 2.13. The maximum atomic E-state index is 13.3. The Hall–Kier alpha value is -1.74. The van der Waals surface area contributed by atoms with Gasteiger partial charge in [-0.2, -0.15) is 0 Å². The fourth-order valence-corrected chi connectivity index (χ4v) is 2.41. The quantitative estimate of drug-likeness (QED) is 0.891. The van der Waals surface area contributed by atoms with Crippen LogP contribution in [0.3, 0.4) is 0 Å².